The first-order valence-corrected chi connectivity index (χ1v) is 20.6. The second kappa shape index (κ2) is 23.3. The Balaban J connectivity index is 0.000000236. The summed E-state index contributed by atoms with van der Waals surface area (Å²) in [5.41, 5.74) is 5.15. The van der Waals surface area contributed by atoms with Crippen molar-refractivity contribution in [2.45, 2.75) is 71.5 Å². The molecule has 2 heterocycles. The number of Topliss-reactive ketones (excluding diaryl/α,β-unsaturated/α-hetero) is 1. The van der Waals surface area contributed by atoms with Gasteiger partial charge in [-0.2, -0.15) is 0 Å². The lowest BCUT2D eigenvalue weighted by Gasteiger charge is -2.21. The van der Waals surface area contributed by atoms with Crippen molar-refractivity contribution in [3.05, 3.63) is 149 Å². The zero-order valence-electron chi connectivity index (χ0n) is 33.5. The van der Waals surface area contributed by atoms with Gasteiger partial charge in [0.2, 0.25) is 29.1 Å². The number of hydrogen-bond donors (Lipinski definition) is 3. The molecule has 4 atom stereocenters. The first kappa shape index (κ1) is 47.9. The summed E-state index contributed by atoms with van der Waals surface area (Å²) in [6, 6.07) is 20.3. The number of carbonyl (C=O) groups excluding carboxylic acids is 2. The van der Waals surface area contributed by atoms with Crippen LogP contribution in [0, 0.1) is 32.9 Å². The Morgan fingerprint density at radius 1 is 0.750 bits per heavy atom. The van der Waals surface area contributed by atoms with Gasteiger partial charge in [-0.3, -0.25) is 9.59 Å². The van der Waals surface area contributed by atoms with Crippen LogP contribution in [0.3, 0.4) is 0 Å². The van der Waals surface area contributed by atoms with Crippen LogP contribution in [0.2, 0.25) is 20.1 Å². The fourth-order valence-corrected chi connectivity index (χ4v) is 6.80. The predicted molar refractivity (Wildman–Crippen MR) is 235 cm³/mol. The number of aromatic nitrogens is 2. The fraction of sp³-hybridized carbons (Fsp3) is 0.333. The van der Waals surface area contributed by atoms with E-state index in [1.165, 1.54) is 19.8 Å². The van der Waals surface area contributed by atoms with Crippen molar-refractivity contribution in [3.63, 3.8) is 0 Å². The number of halogens is 4. The highest BCUT2D eigenvalue weighted by molar-refractivity contribution is 6.34. The summed E-state index contributed by atoms with van der Waals surface area (Å²) in [5.74, 6) is -1.12. The smallest absolute Gasteiger partial charge is 0.247 e. The van der Waals surface area contributed by atoms with Gasteiger partial charge in [0.05, 0.1) is 53.8 Å². The maximum Gasteiger partial charge on any atom is 0.247 e. The standard InChI is InChI=1S/C21H20Cl2N2O3.C20H17Cl2N3O2.C4H8O/c1-12-15(6-9-18(24-3)20(12)23)10-17(13(2)26)21(28)25-11-19(27)14-4-7-16(22)8-5-14;1-11-14(6-9-17(23-3)18(11)22)10-16(12(2)26)20-25-24-19(27-20)13-4-7-15(21)8-5-13;1-2-4-5-3-1/h4-9,13,17,26H,10-11H2,1-2H3,(H,25,28);4-9,12,16,26H,10H2,1-2H3;1-4H2/t13-,17-;12-,16-;/m11./s1. The molecule has 0 bridgehead atoms. The van der Waals surface area contributed by atoms with Crippen molar-refractivity contribution < 1.29 is 29.0 Å². The monoisotopic (exact) mass is 891 g/mol. The lowest BCUT2D eigenvalue weighted by Crippen LogP contribution is -2.40. The molecular formula is C45H45Cl4N5O6. The molecule has 1 aromatic heterocycles. The highest BCUT2D eigenvalue weighted by Gasteiger charge is 2.27. The molecule has 0 spiro atoms. The van der Waals surface area contributed by atoms with E-state index < -0.39 is 30.0 Å². The van der Waals surface area contributed by atoms with Crippen LogP contribution in [0.15, 0.2) is 77.2 Å². The topological polar surface area (TPSA) is 144 Å². The van der Waals surface area contributed by atoms with Crippen LogP contribution in [-0.4, -0.2) is 64.1 Å². The summed E-state index contributed by atoms with van der Waals surface area (Å²) in [4.78, 5) is 31.5. The van der Waals surface area contributed by atoms with E-state index in [1.54, 1.807) is 80.6 Å². The quantitative estimate of drug-likeness (QED) is 0.0830. The Morgan fingerprint density at radius 3 is 1.73 bits per heavy atom. The Kier molecular flexibility index (Phi) is 18.5. The third-order valence-electron chi connectivity index (χ3n) is 9.84. The summed E-state index contributed by atoms with van der Waals surface area (Å²) in [7, 11) is 0. The Morgan fingerprint density at radius 2 is 1.27 bits per heavy atom. The molecule has 314 valence electrons. The number of hydrogen-bond acceptors (Lipinski definition) is 8. The molecular weight excluding hydrogens is 848 g/mol. The molecule has 3 N–H and O–H groups in total. The number of aliphatic hydroxyl groups excluding tert-OH is 2. The number of amides is 1. The second-order valence-corrected chi connectivity index (χ2v) is 15.7. The van der Waals surface area contributed by atoms with Gasteiger partial charge in [0.25, 0.3) is 0 Å². The first-order chi connectivity index (χ1) is 28.6. The van der Waals surface area contributed by atoms with Gasteiger partial charge in [-0.1, -0.05) is 70.7 Å². The number of rotatable bonds is 12. The number of nitrogens with zero attached hydrogens (tertiary/aromatic N) is 4. The van der Waals surface area contributed by atoms with Crippen LogP contribution < -0.4 is 5.32 Å². The van der Waals surface area contributed by atoms with Crippen LogP contribution in [0.1, 0.15) is 71.1 Å². The predicted octanol–water partition coefficient (Wildman–Crippen LogP) is 10.8. The van der Waals surface area contributed by atoms with E-state index in [2.05, 4.69) is 25.2 Å². The summed E-state index contributed by atoms with van der Waals surface area (Å²) in [5, 5.41) is 33.1. The minimum atomic E-state index is -0.927. The fourth-order valence-electron chi connectivity index (χ4n) is 6.10. The van der Waals surface area contributed by atoms with Gasteiger partial charge in [-0.15, -0.1) is 10.2 Å². The molecule has 11 nitrogen and oxygen atoms in total. The molecule has 0 aliphatic carbocycles. The highest BCUT2D eigenvalue weighted by atomic mass is 35.5. The average molecular weight is 894 g/mol. The molecule has 4 aromatic carbocycles. The van der Waals surface area contributed by atoms with Gasteiger partial charge in [0.1, 0.15) is 0 Å². The molecule has 1 amide bonds. The molecule has 15 heteroatoms. The van der Waals surface area contributed by atoms with Gasteiger partial charge in [0.15, 0.2) is 5.78 Å². The second-order valence-electron chi connectivity index (χ2n) is 14.1. The molecule has 0 unspecified atom stereocenters. The van der Waals surface area contributed by atoms with Crippen LogP contribution in [-0.2, 0) is 22.4 Å². The van der Waals surface area contributed by atoms with Crippen molar-refractivity contribution in [1.29, 1.82) is 0 Å². The minimum Gasteiger partial charge on any atom is -0.420 e. The van der Waals surface area contributed by atoms with Crippen molar-refractivity contribution >= 4 is 69.5 Å². The number of ketones is 1. The molecule has 5 aromatic rings. The van der Waals surface area contributed by atoms with Crippen molar-refractivity contribution in [3.8, 4) is 11.5 Å². The normalized spacial score (nSPS) is 13.9. The van der Waals surface area contributed by atoms with E-state index >= 15 is 0 Å². The van der Waals surface area contributed by atoms with E-state index in [-0.39, 0.29) is 18.7 Å². The largest absolute Gasteiger partial charge is 0.420 e. The van der Waals surface area contributed by atoms with Crippen molar-refractivity contribution in [2.75, 3.05) is 19.8 Å². The molecule has 0 saturated carbocycles. The van der Waals surface area contributed by atoms with Crippen molar-refractivity contribution in [1.82, 2.24) is 15.5 Å². The third-order valence-corrected chi connectivity index (χ3v) is 11.3. The molecule has 1 aliphatic heterocycles. The highest BCUT2D eigenvalue weighted by Crippen LogP contribution is 2.35. The lowest BCUT2D eigenvalue weighted by atomic mass is 9.91. The molecule has 1 fully saturated rings. The van der Waals surface area contributed by atoms with Gasteiger partial charge >= 0.3 is 0 Å². The SMILES string of the molecule is C1CCOC1.[C-]#[N+]c1ccc(C[C@@H](C(=O)NCC(=O)c2ccc(Cl)cc2)[C@@H](C)O)c(C)c1Cl.[C-]#[N+]c1ccc(C[C@@H](c2nnc(-c3ccc(Cl)cc3)o2)[C@@H](C)O)c(C)c1Cl. The van der Waals surface area contributed by atoms with Crippen molar-refractivity contribution in [2.24, 2.45) is 5.92 Å². The van der Waals surface area contributed by atoms with Gasteiger partial charge in [0, 0.05) is 34.4 Å². The number of benzene rings is 4. The first-order valence-electron chi connectivity index (χ1n) is 19.1. The van der Waals surface area contributed by atoms with E-state index in [4.69, 9.17) is 68.7 Å². The Bertz CT molecular complexity index is 2310. The molecule has 0 radical (unpaired) electrons. The van der Waals surface area contributed by atoms with E-state index in [0.29, 0.717) is 60.8 Å². The average Bonchev–Trinajstić information content (AvgIpc) is 3.99. The number of nitrogens with one attached hydrogen (secondary N) is 1. The Labute approximate surface area is 370 Å². The van der Waals surface area contributed by atoms with Crippen LogP contribution in [0.25, 0.3) is 21.1 Å². The van der Waals surface area contributed by atoms with E-state index in [9.17, 15) is 19.8 Å². The summed E-state index contributed by atoms with van der Waals surface area (Å²) in [6.07, 6.45) is 1.62. The third kappa shape index (κ3) is 13.3. The Hall–Kier alpha value is -4.82. The van der Waals surface area contributed by atoms with Gasteiger partial charge < -0.3 is 24.7 Å². The maximum absolute atomic E-state index is 12.6. The number of aliphatic hydroxyl groups is 2. The lowest BCUT2D eigenvalue weighted by molar-refractivity contribution is -0.127. The van der Waals surface area contributed by atoms with Crippen LogP contribution in [0.4, 0.5) is 11.4 Å². The van der Waals surface area contributed by atoms with E-state index in [1.807, 2.05) is 13.0 Å². The zero-order chi connectivity index (χ0) is 43.9. The van der Waals surface area contributed by atoms with Gasteiger partial charge in [-0.05, 0) is 124 Å². The van der Waals surface area contributed by atoms with Gasteiger partial charge in [-0.25, -0.2) is 9.69 Å². The number of carbonyl (C=O) groups is 2. The molecule has 60 heavy (non-hydrogen) atoms. The summed E-state index contributed by atoms with van der Waals surface area (Å²) >= 11 is 24.2. The molecule has 1 saturated heterocycles. The summed E-state index contributed by atoms with van der Waals surface area (Å²) < 4.78 is 10.8. The number of ether oxygens (including phenoxy) is 1. The minimum absolute atomic E-state index is 0.180. The maximum atomic E-state index is 12.6. The van der Waals surface area contributed by atoms with Crippen LogP contribution in [0.5, 0.6) is 0 Å². The molecule has 6 rings (SSSR count). The summed E-state index contributed by atoms with van der Waals surface area (Å²) in [6.45, 7) is 22.9. The van der Waals surface area contributed by atoms with Crippen LogP contribution >= 0.6 is 46.4 Å². The van der Waals surface area contributed by atoms with E-state index in [0.717, 1.165) is 35.5 Å². The zero-order valence-corrected chi connectivity index (χ0v) is 36.5. The molecule has 1 aliphatic rings.